The van der Waals surface area contributed by atoms with Gasteiger partial charge in [0, 0.05) is 48.9 Å². The minimum absolute atomic E-state index is 0.0286. The van der Waals surface area contributed by atoms with E-state index in [0.29, 0.717) is 48.4 Å². The summed E-state index contributed by atoms with van der Waals surface area (Å²) in [6.45, 7) is 5.51. The van der Waals surface area contributed by atoms with Crippen LogP contribution in [-0.2, 0) is 20.9 Å². The third kappa shape index (κ3) is 8.78. The fraction of sp³-hybridized carbons (Fsp3) is 0.409. The number of imide groups is 2. The minimum Gasteiger partial charge on any atom is -0.484 e. The van der Waals surface area contributed by atoms with E-state index in [1.165, 1.54) is 31.0 Å². The van der Waals surface area contributed by atoms with Crippen LogP contribution in [0.5, 0.6) is 5.75 Å². The molecule has 3 aromatic carbocycles. The summed E-state index contributed by atoms with van der Waals surface area (Å²) in [6.07, 6.45) is 5.85. The van der Waals surface area contributed by atoms with Gasteiger partial charge < -0.3 is 25.3 Å². The van der Waals surface area contributed by atoms with Gasteiger partial charge in [-0.25, -0.2) is 4.98 Å². The number of fused-ring (bicyclic) bond motifs is 2. The van der Waals surface area contributed by atoms with Gasteiger partial charge in [-0.05, 0) is 125 Å². The SMILES string of the molecule is C[C@H]1CCCN1Cc1nc2cc(NC(=O)c3ccc(C(=O)N4CCC(CCCNC(=O)COc5ccc6c(c5)C(=O)N(C5CCC(=O)NC5=O)C6=O)CC4)cc3)ccc2[nH]1. The standard InChI is InChI=1S/C44H48N8O8/c1-26-4-3-19-51(26)24-37-47-34-13-10-30(22-35(34)48-37)46-40(55)28-6-8-29(9-7-28)42(57)50-20-16-27(17-21-50)5-2-18-45-39(54)25-60-31-11-12-32-33(23-31)44(59)52(43(32)58)36-14-15-38(53)49-41(36)56/h6-13,22-23,26-27,36H,2-5,14-21,24-25H2,1H3,(H,45,54)(H,46,55)(H,47,48)(H,49,53,56)/t26-,36?/m0/s1. The maximum Gasteiger partial charge on any atom is 0.262 e. The van der Waals surface area contributed by atoms with Gasteiger partial charge in [0.25, 0.3) is 29.5 Å². The highest BCUT2D eigenvalue weighted by atomic mass is 16.5. The van der Waals surface area contributed by atoms with Crippen molar-refractivity contribution in [3.63, 3.8) is 0 Å². The molecule has 1 aromatic heterocycles. The molecule has 0 aliphatic carbocycles. The molecular formula is C44H48N8O8. The Morgan fingerprint density at radius 2 is 1.63 bits per heavy atom. The van der Waals surface area contributed by atoms with E-state index in [9.17, 15) is 33.6 Å². The first-order valence-corrected chi connectivity index (χ1v) is 20.7. The van der Waals surface area contributed by atoms with Gasteiger partial charge in [-0.3, -0.25) is 48.7 Å². The Bertz CT molecular complexity index is 2350. The fourth-order valence-corrected chi connectivity index (χ4v) is 8.56. The lowest BCUT2D eigenvalue weighted by molar-refractivity contribution is -0.136. The Balaban J connectivity index is 0.729. The highest BCUT2D eigenvalue weighted by Crippen LogP contribution is 2.31. The number of ether oxygens (including phenoxy) is 1. The van der Waals surface area contributed by atoms with Crippen molar-refractivity contribution in [2.75, 3.05) is 38.1 Å². The highest BCUT2D eigenvalue weighted by molar-refractivity contribution is 6.23. The molecule has 16 heteroatoms. The molecule has 2 atom stereocenters. The molecular weight excluding hydrogens is 769 g/mol. The van der Waals surface area contributed by atoms with Gasteiger partial charge in [0.15, 0.2) is 6.61 Å². The van der Waals surface area contributed by atoms with Crippen LogP contribution in [0.3, 0.4) is 0 Å². The van der Waals surface area contributed by atoms with Crippen molar-refractivity contribution in [3.8, 4) is 5.75 Å². The van der Waals surface area contributed by atoms with E-state index in [1.54, 1.807) is 24.3 Å². The predicted molar refractivity (Wildman–Crippen MR) is 219 cm³/mol. The Hall–Kier alpha value is -6.42. The molecule has 7 amide bonds. The van der Waals surface area contributed by atoms with Gasteiger partial charge in [0.05, 0.1) is 28.7 Å². The van der Waals surface area contributed by atoms with Crippen molar-refractivity contribution in [2.24, 2.45) is 5.92 Å². The lowest BCUT2D eigenvalue weighted by atomic mass is 9.92. The second-order valence-electron chi connectivity index (χ2n) is 16.1. The summed E-state index contributed by atoms with van der Waals surface area (Å²) in [5.41, 5.74) is 3.55. The second kappa shape index (κ2) is 17.4. The quantitative estimate of drug-likeness (QED) is 0.113. The molecule has 4 aliphatic heterocycles. The molecule has 0 bridgehead atoms. The molecule has 0 radical (unpaired) electrons. The van der Waals surface area contributed by atoms with Crippen LogP contribution in [0.1, 0.15) is 106 Å². The number of aromatic amines is 1. The smallest absolute Gasteiger partial charge is 0.262 e. The highest BCUT2D eigenvalue weighted by Gasteiger charge is 2.44. The lowest BCUT2D eigenvalue weighted by Gasteiger charge is -2.32. The molecule has 4 N–H and O–H groups in total. The van der Waals surface area contributed by atoms with E-state index in [-0.39, 0.29) is 54.0 Å². The Morgan fingerprint density at radius 3 is 2.38 bits per heavy atom. The zero-order valence-corrected chi connectivity index (χ0v) is 33.5. The number of H-pyrrole nitrogens is 1. The van der Waals surface area contributed by atoms with E-state index in [4.69, 9.17) is 9.72 Å². The monoisotopic (exact) mass is 816 g/mol. The van der Waals surface area contributed by atoms with Gasteiger partial charge in [-0.15, -0.1) is 0 Å². The molecule has 4 aromatic rings. The molecule has 16 nitrogen and oxygen atoms in total. The summed E-state index contributed by atoms with van der Waals surface area (Å²) in [5.74, 6) is -1.51. The zero-order valence-electron chi connectivity index (χ0n) is 33.5. The number of carbonyl (C=O) groups is 7. The van der Waals surface area contributed by atoms with Gasteiger partial charge >= 0.3 is 0 Å². The molecule has 5 heterocycles. The maximum absolute atomic E-state index is 13.3. The van der Waals surface area contributed by atoms with Gasteiger partial charge in [-0.2, -0.15) is 0 Å². The number of hydrogen-bond donors (Lipinski definition) is 4. The van der Waals surface area contributed by atoms with E-state index in [1.807, 2.05) is 23.1 Å². The Morgan fingerprint density at radius 1 is 0.867 bits per heavy atom. The number of nitrogens with zero attached hydrogens (tertiary/aromatic N) is 4. The summed E-state index contributed by atoms with van der Waals surface area (Å²) in [7, 11) is 0. The van der Waals surface area contributed by atoms with Crippen molar-refractivity contribution in [1.82, 2.24) is 35.3 Å². The average Bonchev–Trinajstić information content (AvgIpc) is 3.92. The van der Waals surface area contributed by atoms with Crippen LogP contribution in [-0.4, -0.2) is 111 Å². The van der Waals surface area contributed by atoms with Crippen LogP contribution in [0, 0.1) is 5.92 Å². The summed E-state index contributed by atoms with van der Waals surface area (Å²) < 4.78 is 5.60. The van der Waals surface area contributed by atoms with Crippen LogP contribution in [0.25, 0.3) is 11.0 Å². The van der Waals surface area contributed by atoms with Crippen molar-refractivity contribution >= 4 is 58.1 Å². The molecule has 0 saturated carbocycles. The number of aromatic nitrogens is 2. The minimum atomic E-state index is -1.06. The first-order valence-electron chi connectivity index (χ1n) is 20.7. The van der Waals surface area contributed by atoms with Crippen LogP contribution in [0.2, 0.25) is 0 Å². The topological polar surface area (TPSA) is 203 Å². The number of hydrogen-bond acceptors (Lipinski definition) is 10. The molecule has 60 heavy (non-hydrogen) atoms. The summed E-state index contributed by atoms with van der Waals surface area (Å²) in [4.78, 5) is 102. The molecule has 3 fully saturated rings. The summed E-state index contributed by atoms with van der Waals surface area (Å²) >= 11 is 0. The van der Waals surface area contributed by atoms with Crippen LogP contribution in [0.15, 0.2) is 60.7 Å². The molecule has 3 saturated heterocycles. The number of benzene rings is 3. The first-order chi connectivity index (χ1) is 29.0. The predicted octanol–water partition coefficient (Wildman–Crippen LogP) is 4.03. The molecule has 312 valence electrons. The summed E-state index contributed by atoms with van der Waals surface area (Å²) in [6, 6.07) is 16.2. The lowest BCUT2D eigenvalue weighted by Crippen LogP contribution is -2.54. The normalized spacial score (nSPS) is 19.8. The number of carbonyl (C=O) groups excluding carboxylic acids is 7. The Labute approximate surface area is 346 Å². The number of rotatable bonds is 13. The third-order valence-corrected chi connectivity index (χ3v) is 12.0. The van der Waals surface area contributed by atoms with Crippen molar-refractivity contribution < 1.29 is 38.3 Å². The fourth-order valence-electron chi connectivity index (χ4n) is 8.56. The van der Waals surface area contributed by atoms with Gasteiger partial charge in [-0.1, -0.05) is 0 Å². The number of likely N-dealkylation sites (tertiary alicyclic amines) is 2. The average molecular weight is 817 g/mol. The number of piperidine rings is 2. The summed E-state index contributed by atoms with van der Waals surface area (Å²) in [5, 5.41) is 7.97. The van der Waals surface area contributed by atoms with Crippen LogP contribution >= 0.6 is 0 Å². The Kier molecular flexibility index (Phi) is 11.7. The van der Waals surface area contributed by atoms with E-state index < -0.39 is 29.7 Å². The molecule has 0 spiro atoms. The number of amides is 7. The van der Waals surface area contributed by atoms with Gasteiger partial charge in [0.2, 0.25) is 11.8 Å². The molecule has 1 unspecified atom stereocenters. The van der Waals surface area contributed by atoms with Crippen molar-refractivity contribution in [2.45, 2.75) is 76.9 Å². The largest absolute Gasteiger partial charge is 0.484 e. The first kappa shape index (κ1) is 40.4. The molecule has 4 aliphatic rings. The van der Waals surface area contributed by atoms with E-state index >= 15 is 0 Å². The van der Waals surface area contributed by atoms with E-state index in [2.05, 4.69) is 32.8 Å². The van der Waals surface area contributed by atoms with Crippen molar-refractivity contribution in [3.05, 3.63) is 88.7 Å². The zero-order chi connectivity index (χ0) is 41.9. The van der Waals surface area contributed by atoms with E-state index in [0.717, 1.165) is 60.5 Å². The second-order valence-corrected chi connectivity index (χ2v) is 16.1. The number of imidazole rings is 1. The van der Waals surface area contributed by atoms with Crippen LogP contribution < -0.4 is 20.7 Å². The molecule has 8 rings (SSSR count). The van der Waals surface area contributed by atoms with Crippen LogP contribution in [0.4, 0.5) is 5.69 Å². The number of anilines is 1. The van der Waals surface area contributed by atoms with Gasteiger partial charge in [0.1, 0.15) is 17.6 Å². The third-order valence-electron chi connectivity index (χ3n) is 12.0. The number of nitrogens with one attached hydrogen (secondary N) is 4. The van der Waals surface area contributed by atoms with Crippen molar-refractivity contribution in [1.29, 1.82) is 0 Å². The maximum atomic E-state index is 13.3.